The topological polar surface area (TPSA) is 77.9 Å². The molecule has 2 aliphatic rings. The molecular weight excluding hydrogens is 296 g/mol. The van der Waals surface area contributed by atoms with E-state index in [4.69, 9.17) is 0 Å². The molecule has 2 fully saturated rings. The number of benzene rings is 1. The summed E-state index contributed by atoms with van der Waals surface area (Å²) in [7, 11) is 0. The second-order valence-corrected chi connectivity index (χ2v) is 6.16. The van der Waals surface area contributed by atoms with Crippen LogP contribution in [0.3, 0.4) is 0 Å². The van der Waals surface area contributed by atoms with Gasteiger partial charge in [0, 0.05) is 30.3 Å². The molecule has 0 spiro atoms. The lowest BCUT2D eigenvalue weighted by Gasteiger charge is -2.27. The van der Waals surface area contributed by atoms with E-state index in [0.717, 1.165) is 19.3 Å². The summed E-state index contributed by atoms with van der Waals surface area (Å²) < 4.78 is 0. The number of carbonyl (C=O) groups excluding carboxylic acids is 2. The Bertz CT molecular complexity index is 654. The first-order valence-electron chi connectivity index (χ1n) is 7.95. The molecule has 1 saturated heterocycles. The number of aliphatic carboxylic acids is 1. The number of carboxylic acid groups (broad SMARTS) is 1. The van der Waals surface area contributed by atoms with E-state index in [0.29, 0.717) is 24.2 Å². The monoisotopic (exact) mass is 316 g/mol. The van der Waals surface area contributed by atoms with Crippen molar-refractivity contribution in [1.29, 1.82) is 0 Å². The molecule has 2 amide bonds. The Kier molecular flexibility index (Phi) is 4.07. The van der Waals surface area contributed by atoms with Gasteiger partial charge < -0.3 is 14.9 Å². The summed E-state index contributed by atoms with van der Waals surface area (Å²) in [6.07, 6.45) is 3.03. The van der Waals surface area contributed by atoms with Crippen LogP contribution >= 0.6 is 0 Å². The first-order valence-corrected chi connectivity index (χ1v) is 7.95. The summed E-state index contributed by atoms with van der Waals surface area (Å²) >= 11 is 0. The molecule has 1 unspecified atom stereocenters. The van der Waals surface area contributed by atoms with E-state index in [2.05, 4.69) is 0 Å². The van der Waals surface area contributed by atoms with Crippen molar-refractivity contribution in [3.63, 3.8) is 0 Å². The van der Waals surface area contributed by atoms with Gasteiger partial charge >= 0.3 is 5.97 Å². The van der Waals surface area contributed by atoms with E-state index in [1.54, 1.807) is 23.1 Å². The summed E-state index contributed by atoms with van der Waals surface area (Å²) in [6.45, 7) is 2.20. The Labute approximate surface area is 134 Å². The van der Waals surface area contributed by atoms with Crippen LogP contribution in [-0.2, 0) is 9.59 Å². The Morgan fingerprint density at radius 3 is 2.65 bits per heavy atom. The van der Waals surface area contributed by atoms with E-state index in [1.165, 1.54) is 11.8 Å². The van der Waals surface area contributed by atoms with Crippen molar-refractivity contribution in [2.45, 2.75) is 44.7 Å². The van der Waals surface area contributed by atoms with Gasteiger partial charge in [-0.2, -0.15) is 0 Å². The Morgan fingerprint density at radius 1 is 1.35 bits per heavy atom. The molecule has 1 aromatic carbocycles. The van der Waals surface area contributed by atoms with Crippen molar-refractivity contribution in [2.24, 2.45) is 0 Å². The molecule has 1 heterocycles. The predicted octanol–water partition coefficient (Wildman–Crippen LogP) is 1.89. The number of carboxylic acids is 1. The van der Waals surface area contributed by atoms with Crippen LogP contribution in [-0.4, -0.2) is 46.4 Å². The molecule has 0 bridgehead atoms. The van der Waals surface area contributed by atoms with Crippen LogP contribution in [0.4, 0.5) is 5.69 Å². The molecule has 1 aliphatic heterocycles. The fourth-order valence-electron chi connectivity index (χ4n) is 3.01. The van der Waals surface area contributed by atoms with Crippen LogP contribution in [0.15, 0.2) is 24.3 Å². The standard InChI is InChI=1S/C17H20N2O4/c1-11(17(22)23)19(13-7-8-13)16(21)12-4-2-5-14(10-12)18-9-3-6-15(18)20/h2,4-5,10-11,13H,3,6-9H2,1H3,(H,22,23). The average Bonchev–Trinajstić information content (AvgIpc) is 3.27. The number of rotatable bonds is 5. The normalized spacial score (nSPS) is 18.8. The van der Waals surface area contributed by atoms with Crippen molar-refractivity contribution in [3.8, 4) is 0 Å². The van der Waals surface area contributed by atoms with E-state index < -0.39 is 12.0 Å². The molecule has 1 aromatic rings. The number of nitrogens with zero attached hydrogens (tertiary/aromatic N) is 2. The van der Waals surface area contributed by atoms with Gasteiger partial charge in [0.15, 0.2) is 0 Å². The lowest BCUT2D eigenvalue weighted by molar-refractivity contribution is -0.141. The van der Waals surface area contributed by atoms with Crippen molar-refractivity contribution in [2.75, 3.05) is 11.4 Å². The molecule has 1 N–H and O–H groups in total. The highest BCUT2D eigenvalue weighted by atomic mass is 16.4. The van der Waals surface area contributed by atoms with E-state index in [-0.39, 0.29) is 17.9 Å². The van der Waals surface area contributed by atoms with Gasteiger partial charge in [0.25, 0.3) is 5.91 Å². The Morgan fingerprint density at radius 2 is 2.09 bits per heavy atom. The van der Waals surface area contributed by atoms with Crippen LogP contribution in [0.25, 0.3) is 0 Å². The van der Waals surface area contributed by atoms with Gasteiger partial charge in [0.2, 0.25) is 5.91 Å². The van der Waals surface area contributed by atoms with E-state index >= 15 is 0 Å². The number of hydrogen-bond acceptors (Lipinski definition) is 3. The average molecular weight is 316 g/mol. The summed E-state index contributed by atoms with van der Waals surface area (Å²) in [6, 6.07) is 6.07. The molecule has 6 nitrogen and oxygen atoms in total. The maximum absolute atomic E-state index is 12.8. The number of amides is 2. The molecule has 6 heteroatoms. The van der Waals surface area contributed by atoms with Gasteiger partial charge in [-0.05, 0) is 44.4 Å². The highest BCUT2D eigenvalue weighted by molar-refractivity contribution is 6.00. The molecule has 122 valence electrons. The highest BCUT2D eigenvalue weighted by Gasteiger charge is 2.39. The van der Waals surface area contributed by atoms with Crippen LogP contribution in [0.2, 0.25) is 0 Å². The molecule has 0 radical (unpaired) electrons. The van der Waals surface area contributed by atoms with Gasteiger partial charge in [-0.1, -0.05) is 6.07 Å². The van der Waals surface area contributed by atoms with Gasteiger partial charge in [-0.3, -0.25) is 9.59 Å². The Balaban J connectivity index is 1.86. The summed E-state index contributed by atoms with van der Waals surface area (Å²) in [5.74, 6) is -1.22. The number of carbonyl (C=O) groups is 3. The maximum Gasteiger partial charge on any atom is 0.326 e. The maximum atomic E-state index is 12.8. The lowest BCUT2D eigenvalue weighted by Crippen LogP contribution is -2.44. The van der Waals surface area contributed by atoms with Crippen molar-refractivity contribution < 1.29 is 19.5 Å². The van der Waals surface area contributed by atoms with Gasteiger partial charge in [0.05, 0.1) is 0 Å². The zero-order valence-electron chi connectivity index (χ0n) is 13.1. The molecule has 3 rings (SSSR count). The van der Waals surface area contributed by atoms with Crippen molar-refractivity contribution in [1.82, 2.24) is 4.90 Å². The molecular formula is C17H20N2O4. The summed E-state index contributed by atoms with van der Waals surface area (Å²) in [4.78, 5) is 39.1. The van der Waals surface area contributed by atoms with Crippen molar-refractivity contribution in [3.05, 3.63) is 29.8 Å². The second-order valence-electron chi connectivity index (χ2n) is 6.16. The summed E-state index contributed by atoms with van der Waals surface area (Å²) in [5, 5.41) is 9.24. The molecule has 0 aromatic heterocycles. The molecule has 1 aliphatic carbocycles. The van der Waals surface area contributed by atoms with Crippen molar-refractivity contribution >= 4 is 23.5 Å². The predicted molar refractivity (Wildman–Crippen MR) is 84.3 cm³/mol. The first-order chi connectivity index (χ1) is 11.0. The quantitative estimate of drug-likeness (QED) is 0.900. The second kappa shape index (κ2) is 6.02. The van der Waals surface area contributed by atoms with Gasteiger partial charge in [0.1, 0.15) is 6.04 Å². The van der Waals surface area contributed by atoms with Crippen LogP contribution in [0.5, 0.6) is 0 Å². The SMILES string of the molecule is CC(C(=O)O)N(C(=O)c1cccc(N2CCCC2=O)c1)C1CC1. The van der Waals surface area contributed by atoms with Crippen LogP contribution in [0.1, 0.15) is 43.0 Å². The number of anilines is 1. The van der Waals surface area contributed by atoms with Gasteiger partial charge in [-0.15, -0.1) is 0 Å². The summed E-state index contributed by atoms with van der Waals surface area (Å²) in [5.41, 5.74) is 1.14. The zero-order chi connectivity index (χ0) is 16.6. The minimum absolute atomic E-state index is 0.00525. The highest BCUT2D eigenvalue weighted by Crippen LogP contribution is 2.31. The molecule has 1 atom stereocenters. The minimum Gasteiger partial charge on any atom is -0.480 e. The van der Waals surface area contributed by atoms with E-state index in [1.807, 2.05) is 6.07 Å². The fraction of sp³-hybridized carbons (Fsp3) is 0.471. The smallest absolute Gasteiger partial charge is 0.326 e. The third-order valence-electron chi connectivity index (χ3n) is 4.43. The minimum atomic E-state index is -1.00. The molecule has 23 heavy (non-hydrogen) atoms. The van der Waals surface area contributed by atoms with Crippen LogP contribution in [0, 0.1) is 0 Å². The van der Waals surface area contributed by atoms with E-state index in [9.17, 15) is 19.5 Å². The van der Waals surface area contributed by atoms with Crippen LogP contribution < -0.4 is 4.90 Å². The largest absolute Gasteiger partial charge is 0.480 e. The molecule has 1 saturated carbocycles. The van der Waals surface area contributed by atoms with Gasteiger partial charge in [-0.25, -0.2) is 4.79 Å². The fourth-order valence-corrected chi connectivity index (χ4v) is 3.01. The Hall–Kier alpha value is -2.37. The number of hydrogen-bond donors (Lipinski definition) is 1. The third kappa shape index (κ3) is 3.06. The lowest BCUT2D eigenvalue weighted by atomic mass is 10.1. The zero-order valence-corrected chi connectivity index (χ0v) is 13.1. The third-order valence-corrected chi connectivity index (χ3v) is 4.43. The first kappa shape index (κ1) is 15.5.